The Morgan fingerprint density at radius 2 is 1.76 bits per heavy atom. The zero-order chi connectivity index (χ0) is 15.4. The molecule has 0 saturated carbocycles. The van der Waals surface area contributed by atoms with Crippen molar-refractivity contribution in [3.8, 4) is 0 Å². The van der Waals surface area contributed by atoms with Gasteiger partial charge in [-0.15, -0.1) is 0 Å². The van der Waals surface area contributed by atoms with Crippen LogP contribution in [0.25, 0.3) is 0 Å². The van der Waals surface area contributed by atoms with Crippen LogP contribution in [0.15, 0.2) is 36.7 Å². The molecule has 0 atom stereocenters. The van der Waals surface area contributed by atoms with Gasteiger partial charge in [-0.05, 0) is 12.1 Å². The second kappa shape index (κ2) is 5.74. The Labute approximate surface area is 117 Å². The Hall–Kier alpha value is -3.36. The van der Waals surface area contributed by atoms with Gasteiger partial charge in [-0.3, -0.25) is 20.2 Å². The number of aromatic carboxylic acids is 1. The number of non-ortho nitro benzene ring substituents is 1. The van der Waals surface area contributed by atoms with Gasteiger partial charge in [0.05, 0.1) is 10.5 Å². The summed E-state index contributed by atoms with van der Waals surface area (Å²) in [5.74, 6) is -2.11. The first-order valence-electron chi connectivity index (χ1n) is 5.58. The molecule has 0 spiro atoms. The average Bonchev–Trinajstić information content (AvgIpc) is 2.47. The monoisotopic (exact) mass is 288 g/mol. The number of benzene rings is 1. The van der Waals surface area contributed by atoms with E-state index in [1.54, 1.807) is 6.07 Å². The molecule has 1 heterocycles. The third kappa shape index (κ3) is 3.35. The molecule has 9 nitrogen and oxygen atoms in total. The van der Waals surface area contributed by atoms with Crippen LogP contribution >= 0.6 is 0 Å². The van der Waals surface area contributed by atoms with E-state index in [1.807, 2.05) is 0 Å². The predicted molar refractivity (Wildman–Crippen MR) is 70.0 cm³/mol. The normalized spacial score (nSPS) is 9.90. The highest BCUT2D eigenvalue weighted by molar-refractivity contribution is 6.05. The molecule has 0 unspecified atom stereocenters. The summed E-state index contributed by atoms with van der Waals surface area (Å²) < 4.78 is 0. The van der Waals surface area contributed by atoms with Crippen LogP contribution in [0.3, 0.4) is 0 Å². The van der Waals surface area contributed by atoms with Crippen LogP contribution in [-0.2, 0) is 0 Å². The number of carboxylic acid groups (broad SMARTS) is 1. The Morgan fingerprint density at radius 3 is 2.33 bits per heavy atom. The number of carbonyl (C=O) groups excluding carboxylic acids is 1. The lowest BCUT2D eigenvalue weighted by atomic mass is 10.1. The highest BCUT2D eigenvalue weighted by atomic mass is 16.6. The summed E-state index contributed by atoms with van der Waals surface area (Å²) in [7, 11) is 0. The fourth-order valence-electron chi connectivity index (χ4n) is 1.51. The quantitative estimate of drug-likeness (QED) is 0.639. The van der Waals surface area contributed by atoms with Crippen LogP contribution in [0, 0.1) is 10.1 Å². The van der Waals surface area contributed by atoms with Crippen LogP contribution < -0.4 is 5.32 Å². The number of aromatic nitrogens is 2. The molecule has 0 radical (unpaired) electrons. The zero-order valence-corrected chi connectivity index (χ0v) is 10.4. The average molecular weight is 288 g/mol. The van der Waals surface area contributed by atoms with Crippen LogP contribution in [0.4, 0.5) is 11.6 Å². The summed E-state index contributed by atoms with van der Waals surface area (Å²) in [5.41, 5.74) is -1.02. The van der Waals surface area contributed by atoms with Crippen molar-refractivity contribution < 1.29 is 19.6 Å². The van der Waals surface area contributed by atoms with E-state index in [9.17, 15) is 19.7 Å². The number of nitrogens with one attached hydrogen (secondary N) is 1. The predicted octanol–water partition coefficient (Wildman–Crippen LogP) is 1.34. The van der Waals surface area contributed by atoms with Crippen molar-refractivity contribution in [2.45, 2.75) is 0 Å². The van der Waals surface area contributed by atoms with E-state index >= 15 is 0 Å². The second-order valence-corrected chi connectivity index (χ2v) is 3.86. The lowest BCUT2D eigenvalue weighted by Gasteiger charge is -2.04. The van der Waals surface area contributed by atoms with Crippen molar-refractivity contribution in [2.24, 2.45) is 0 Å². The molecule has 1 aromatic carbocycles. The van der Waals surface area contributed by atoms with Gasteiger partial charge in [0.1, 0.15) is 0 Å². The van der Waals surface area contributed by atoms with Gasteiger partial charge < -0.3 is 5.11 Å². The SMILES string of the molecule is O=C(O)c1cc(C(=O)Nc2ncccn2)cc([N+](=O)[O-])c1. The molecule has 106 valence electrons. The van der Waals surface area contributed by atoms with E-state index in [-0.39, 0.29) is 17.1 Å². The van der Waals surface area contributed by atoms with Crippen molar-refractivity contribution >= 4 is 23.5 Å². The van der Waals surface area contributed by atoms with Gasteiger partial charge in [0.25, 0.3) is 11.6 Å². The molecule has 2 aromatic rings. The van der Waals surface area contributed by atoms with Crippen LogP contribution in [0.1, 0.15) is 20.7 Å². The van der Waals surface area contributed by atoms with E-state index in [1.165, 1.54) is 12.4 Å². The molecule has 9 heteroatoms. The van der Waals surface area contributed by atoms with Crippen molar-refractivity contribution in [3.05, 3.63) is 57.9 Å². The van der Waals surface area contributed by atoms with Crippen molar-refractivity contribution in [2.75, 3.05) is 5.32 Å². The smallest absolute Gasteiger partial charge is 0.335 e. The number of rotatable bonds is 4. The van der Waals surface area contributed by atoms with Gasteiger partial charge in [-0.2, -0.15) is 0 Å². The van der Waals surface area contributed by atoms with Crippen LogP contribution in [0.5, 0.6) is 0 Å². The molecule has 1 aromatic heterocycles. The Kier molecular flexibility index (Phi) is 3.84. The second-order valence-electron chi connectivity index (χ2n) is 3.86. The summed E-state index contributed by atoms with van der Waals surface area (Å²) >= 11 is 0. The number of hydrogen-bond donors (Lipinski definition) is 2. The summed E-state index contributed by atoms with van der Waals surface area (Å²) in [6.07, 6.45) is 2.80. The highest BCUT2D eigenvalue weighted by Crippen LogP contribution is 2.18. The Bertz CT molecular complexity index is 685. The summed E-state index contributed by atoms with van der Waals surface area (Å²) in [6.45, 7) is 0. The van der Waals surface area contributed by atoms with E-state index in [4.69, 9.17) is 5.11 Å². The number of hydrogen-bond acceptors (Lipinski definition) is 6. The lowest BCUT2D eigenvalue weighted by molar-refractivity contribution is -0.384. The van der Waals surface area contributed by atoms with E-state index in [0.717, 1.165) is 18.2 Å². The zero-order valence-electron chi connectivity index (χ0n) is 10.4. The third-order valence-corrected chi connectivity index (χ3v) is 2.43. The number of anilines is 1. The Balaban J connectivity index is 2.36. The number of nitro benzene ring substituents is 1. The third-order valence-electron chi connectivity index (χ3n) is 2.43. The van der Waals surface area contributed by atoms with Crippen LogP contribution in [-0.4, -0.2) is 31.9 Å². The molecule has 0 saturated heterocycles. The van der Waals surface area contributed by atoms with Gasteiger partial charge in [0.15, 0.2) is 0 Å². The largest absolute Gasteiger partial charge is 0.478 e. The number of carboxylic acids is 1. The maximum absolute atomic E-state index is 12.0. The van der Waals surface area contributed by atoms with Crippen molar-refractivity contribution in [3.63, 3.8) is 0 Å². The molecule has 0 fully saturated rings. The summed E-state index contributed by atoms with van der Waals surface area (Å²) in [5, 5.41) is 22.0. The van der Waals surface area contributed by atoms with E-state index in [0.29, 0.717) is 0 Å². The van der Waals surface area contributed by atoms with Gasteiger partial charge in [0, 0.05) is 30.1 Å². The minimum atomic E-state index is -1.37. The van der Waals surface area contributed by atoms with Gasteiger partial charge in [0.2, 0.25) is 5.95 Å². The first-order valence-corrected chi connectivity index (χ1v) is 5.58. The Morgan fingerprint density at radius 1 is 1.14 bits per heavy atom. The minimum Gasteiger partial charge on any atom is -0.478 e. The molecule has 2 N–H and O–H groups in total. The maximum atomic E-state index is 12.0. The van der Waals surface area contributed by atoms with Gasteiger partial charge in [-0.1, -0.05) is 0 Å². The topological polar surface area (TPSA) is 135 Å². The molecular formula is C12H8N4O5. The van der Waals surface area contributed by atoms with Gasteiger partial charge >= 0.3 is 5.97 Å². The molecule has 0 aliphatic heterocycles. The molecule has 0 bridgehead atoms. The molecule has 0 aliphatic rings. The van der Waals surface area contributed by atoms with Gasteiger partial charge in [-0.25, -0.2) is 14.8 Å². The standard InChI is InChI=1S/C12H8N4O5/c17-10(15-12-13-2-1-3-14-12)7-4-8(11(18)19)6-9(5-7)16(20)21/h1-6H,(H,18,19)(H,13,14,15,17). The van der Waals surface area contributed by atoms with E-state index in [2.05, 4.69) is 15.3 Å². The molecule has 21 heavy (non-hydrogen) atoms. The first-order chi connectivity index (χ1) is 9.97. The molecule has 0 aliphatic carbocycles. The highest BCUT2D eigenvalue weighted by Gasteiger charge is 2.18. The first kappa shape index (κ1) is 14.1. The molecule has 1 amide bonds. The van der Waals surface area contributed by atoms with Crippen molar-refractivity contribution in [1.82, 2.24) is 9.97 Å². The fourth-order valence-corrected chi connectivity index (χ4v) is 1.51. The summed E-state index contributed by atoms with van der Waals surface area (Å²) in [4.78, 5) is 40.4. The van der Waals surface area contributed by atoms with Crippen molar-refractivity contribution in [1.29, 1.82) is 0 Å². The number of nitrogens with zero attached hydrogens (tertiary/aromatic N) is 3. The fraction of sp³-hybridized carbons (Fsp3) is 0. The maximum Gasteiger partial charge on any atom is 0.335 e. The minimum absolute atomic E-state index is 0.00545. The number of nitro groups is 1. The van der Waals surface area contributed by atoms with Crippen LogP contribution in [0.2, 0.25) is 0 Å². The molecular weight excluding hydrogens is 280 g/mol. The molecule has 2 rings (SSSR count). The van der Waals surface area contributed by atoms with E-state index < -0.39 is 22.5 Å². The lowest BCUT2D eigenvalue weighted by Crippen LogP contribution is -2.15. The number of carbonyl (C=O) groups is 2. The summed E-state index contributed by atoms with van der Waals surface area (Å²) in [6, 6.07) is 4.43. The number of amides is 1.